The number of carboxylic acid groups (broad SMARTS) is 1. The average Bonchev–Trinajstić information content (AvgIpc) is 2.90. The van der Waals surface area contributed by atoms with Crippen LogP contribution in [0.2, 0.25) is 4.34 Å². The largest absolute Gasteiger partial charge is 0.546 e. The molecule has 2 aromatic rings. The molecule has 1 aromatic heterocycles. The van der Waals surface area contributed by atoms with Crippen LogP contribution in [0.1, 0.15) is 15.2 Å². The summed E-state index contributed by atoms with van der Waals surface area (Å²) in [5.74, 6) is -0.976. The second kappa shape index (κ2) is 7.06. The van der Waals surface area contributed by atoms with Gasteiger partial charge >= 0.3 is 0 Å². The maximum atomic E-state index is 11.8. The molecular weight excluding hydrogens is 312 g/mol. The van der Waals surface area contributed by atoms with Crippen molar-refractivity contribution in [3.63, 3.8) is 0 Å². The summed E-state index contributed by atoms with van der Waals surface area (Å²) in [5, 5.41) is 10.3. The molecule has 0 bridgehead atoms. The number of aliphatic carboxylic acids is 1. The lowest BCUT2D eigenvalue weighted by molar-refractivity contribution is -0.307. The summed E-state index contributed by atoms with van der Waals surface area (Å²) in [5.41, 5.74) is 0.798. The Morgan fingerprint density at radius 3 is 2.48 bits per heavy atom. The van der Waals surface area contributed by atoms with Crippen LogP contribution in [0.25, 0.3) is 6.08 Å². The van der Waals surface area contributed by atoms with Gasteiger partial charge in [0, 0.05) is 0 Å². The van der Waals surface area contributed by atoms with Crippen LogP contribution in [0, 0.1) is 0 Å². The van der Waals surface area contributed by atoms with E-state index in [0.717, 1.165) is 5.56 Å². The summed E-state index contributed by atoms with van der Waals surface area (Å²) in [6.45, 7) is -0.493. The fraction of sp³-hybridized carbons (Fsp3) is 0.0667. The zero-order valence-corrected chi connectivity index (χ0v) is 12.3. The number of hydrogen-bond donors (Lipinski definition) is 0. The van der Waals surface area contributed by atoms with Crippen molar-refractivity contribution in [2.24, 2.45) is 0 Å². The summed E-state index contributed by atoms with van der Waals surface area (Å²) in [6, 6.07) is 10.0. The number of ketones is 1. The molecule has 0 spiro atoms. The minimum Gasteiger partial charge on any atom is -0.546 e. The van der Waals surface area contributed by atoms with Crippen molar-refractivity contribution in [2.45, 2.75) is 0 Å². The van der Waals surface area contributed by atoms with Gasteiger partial charge in [0.15, 0.2) is 5.78 Å². The van der Waals surface area contributed by atoms with E-state index in [2.05, 4.69) is 0 Å². The zero-order chi connectivity index (χ0) is 15.2. The van der Waals surface area contributed by atoms with E-state index in [0.29, 0.717) is 15.0 Å². The molecule has 0 saturated heterocycles. The quantitative estimate of drug-likeness (QED) is 0.605. The van der Waals surface area contributed by atoms with E-state index in [-0.39, 0.29) is 5.78 Å². The fourth-order valence-corrected chi connectivity index (χ4v) is 2.48. The number of benzene rings is 1. The van der Waals surface area contributed by atoms with Gasteiger partial charge in [0.2, 0.25) is 0 Å². The number of thiophene rings is 1. The standard InChI is InChI=1S/C15H11ClO4S/c16-14-8-7-13(21-14)12(17)6-3-10-1-4-11(5-2-10)20-9-15(18)19/h1-8H,9H2,(H,18,19)/p-1/b6-3+. The van der Waals surface area contributed by atoms with Crippen molar-refractivity contribution < 1.29 is 19.4 Å². The molecule has 2 rings (SSSR count). The molecule has 0 aliphatic carbocycles. The highest BCUT2D eigenvalue weighted by Crippen LogP contribution is 2.22. The molecule has 0 saturated carbocycles. The summed E-state index contributed by atoms with van der Waals surface area (Å²) >= 11 is 7.00. The maximum absolute atomic E-state index is 11.8. The first-order valence-electron chi connectivity index (χ1n) is 5.95. The Bertz CT molecular complexity index is 673. The van der Waals surface area contributed by atoms with E-state index >= 15 is 0 Å². The lowest BCUT2D eigenvalue weighted by Crippen LogP contribution is -2.28. The molecule has 6 heteroatoms. The normalized spacial score (nSPS) is 10.7. The molecule has 1 heterocycles. The minimum absolute atomic E-state index is 0.121. The van der Waals surface area contributed by atoms with Crippen molar-refractivity contribution in [3.8, 4) is 5.75 Å². The van der Waals surface area contributed by atoms with Crippen molar-refractivity contribution >= 4 is 40.8 Å². The van der Waals surface area contributed by atoms with Crippen molar-refractivity contribution in [2.75, 3.05) is 6.61 Å². The first-order valence-corrected chi connectivity index (χ1v) is 7.14. The maximum Gasteiger partial charge on any atom is 0.195 e. The Morgan fingerprint density at radius 1 is 1.19 bits per heavy atom. The molecule has 4 nitrogen and oxygen atoms in total. The van der Waals surface area contributed by atoms with Crippen molar-refractivity contribution in [3.05, 3.63) is 57.3 Å². The van der Waals surface area contributed by atoms with Gasteiger partial charge < -0.3 is 14.6 Å². The number of halogens is 1. The van der Waals surface area contributed by atoms with Gasteiger partial charge in [-0.3, -0.25) is 4.79 Å². The number of ether oxygens (including phenoxy) is 1. The third kappa shape index (κ3) is 4.73. The summed E-state index contributed by atoms with van der Waals surface area (Å²) in [6.07, 6.45) is 3.12. The molecule has 0 amide bonds. The van der Waals surface area contributed by atoms with Crippen molar-refractivity contribution in [1.29, 1.82) is 0 Å². The lowest BCUT2D eigenvalue weighted by atomic mass is 10.2. The Labute approximate surface area is 130 Å². The first kappa shape index (κ1) is 15.3. The van der Waals surface area contributed by atoms with Crippen LogP contribution in [-0.2, 0) is 4.79 Å². The third-order valence-corrected chi connectivity index (χ3v) is 3.73. The first-order chi connectivity index (χ1) is 10.0. The van der Waals surface area contributed by atoms with Crippen LogP contribution in [0.4, 0.5) is 0 Å². The Hall–Kier alpha value is -2.11. The smallest absolute Gasteiger partial charge is 0.195 e. The zero-order valence-electron chi connectivity index (χ0n) is 10.7. The Kier molecular flexibility index (Phi) is 5.14. The molecule has 0 fully saturated rings. The highest BCUT2D eigenvalue weighted by atomic mass is 35.5. The van der Waals surface area contributed by atoms with Crippen LogP contribution in [0.15, 0.2) is 42.5 Å². The van der Waals surface area contributed by atoms with Crippen LogP contribution in [0.5, 0.6) is 5.75 Å². The summed E-state index contributed by atoms with van der Waals surface area (Å²) in [4.78, 5) is 22.7. The van der Waals surface area contributed by atoms with Gasteiger partial charge in [0.1, 0.15) is 12.4 Å². The van der Waals surface area contributed by atoms with Crippen LogP contribution >= 0.6 is 22.9 Å². The Balaban J connectivity index is 1.98. The predicted octanol–water partition coefficient (Wildman–Crippen LogP) is 2.43. The van der Waals surface area contributed by atoms with E-state index in [1.54, 1.807) is 42.5 Å². The van der Waals surface area contributed by atoms with Gasteiger partial charge in [-0.25, -0.2) is 0 Å². The Morgan fingerprint density at radius 2 is 1.90 bits per heavy atom. The number of carbonyl (C=O) groups excluding carboxylic acids is 2. The second-order valence-corrected chi connectivity index (χ2v) is 5.75. The van der Waals surface area contributed by atoms with Gasteiger partial charge in [-0.1, -0.05) is 29.8 Å². The minimum atomic E-state index is -1.28. The predicted molar refractivity (Wildman–Crippen MR) is 79.6 cm³/mol. The van der Waals surface area contributed by atoms with E-state index in [4.69, 9.17) is 16.3 Å². The van der Waals surface area contributed by atoms with E-state index in [1.165, 1.54) is 17.4 Å². The van der Waals surface area contributed by atoms with Gasteiger partial charge in [-0.05, 0) is 35.9 Å². The second-order valence-electron chi connectivity index (χ2n) is 4.03. The molecule has 21 heavy (non-hydrogen) atoms. The number of carboxylic acids is 1. The number of hydrogen-bond acceptors (Lipinski definition) is 5. The van der Waals surface area contributed by atoms with Gasteiger partial charge in [0.25, 0.3) is 0 Å². The van der Waals surface area contributed by atoms with E-state index in [9.17, 15) is 14.7 Å². The summed E-state index contributed by atoms with van der Waals surface area (Å²) < 4.78 is 5.52. The number of allylic oxidation sites excluding steroid dienone is 1. The van der Waals surface area contributed by atoms with Crippen LogP contribution < -0.4 is 9.84 Å². The number of rotatable bonds is 6. The third-order valence-electron chi connectivity index (χ3n) is 2.48. The monoisotopic (exact) mass is 321 g/mol. The molecule has 0 atom stereocenters. The van der Waals surface area contributed by atoms with Crippen LogP contribution in [0.3, 0.4) is 0 Å². The molecule has 0 unspecified atom stereocenters. The SMILES string of the molecule is O=C([O-])COc1ccc(/C=C/C(=O)c2ccc(Cl)s2)cc1. The topological polar surface area (TPSA) is 66.4 Å². The van der Waals surface area contributed by atoms with Gasteiger partial charge in [-0.15, -0.1) is 11.3 Å². The summed E-state index contributed by atoms with van der Waals surface area (Å²) in [7, 11) is 0. The molecule has 1 aromatic carbocycles. The molecular formula is C15H10ClO4S-. The van der Waals surface area contributed by atoms with Crippen LogP contribution in [-0.4, -0.2) is 18.4 Å². The molecule has 0 radical (unpaired) electrons. The molecule has 108 valence electrons. The van der Waals surface area contributed by atoms with E-state index in [1.807, 2.05) is 0 Å². The fourth-order valence-electron chi connectivity index (χ4n) is 1.52. The van der Waals surface area contributed by atoms with Gasteiger partial charge in [0.05, 0.1) is 15.2 Å². The highest BCUT2D eigenvalue weighted by Gasteiger charge is 2.04. The highest BCUT2D eigenvalue weighted by molar-refractivity contribution is 7.18. The average molecular weight is 322 g/mol. The van der Waals surface area contributed by atoms with E-state index < -0.39 is 12.6 Å². The van der Waals surface area contributed by atoms with Crippen molar-refractivity contribution in [1.82, 2.24) is 0 Å². The molecule has 0 aliphatic rings. The molecule has 0 aliphatic heterocycles. The van der Waals surface area contributed by atoms with Gasteiger partial charge in [-0.2, -0.15) is 0 Å². The lowest BCUT2D eigenvalue weighted by Gasteiger charge is -2.06. The molecule has 0 N–H and O–H groups in total. The number of carbonyl (C=O) groups is 2.